The van der Waals surface area contributed by atoms with Crippen LogP contribution in [-0.2, 0) is 10.3 Å². The number of carbonyl (C=O) groups excluding carboxylic acids is 2. The van der Waals surface area contributed by atoms with Crippen LogP contribution >= 0.6 is 0 Å². The Bertz CT molecular complexity index is 1200. The summed E-state index contributed by atoms with van der Waals surface area (Å²) in [6.45, 7) is 5.35. The molecule has 4 rings (SSSR count). The minimum absolute atomic E-state index is 0.0305. The van der Waals surface area contributed by atoms with Gasteiger partial charge in [-0.3, -0.25) is 9.69 Å². The third-order valence-electron chi connectivity index (χ3n) is 6.12. The lowest BCUT2D eigenvalue weighted by molar-refractivity contribution is -0.132. The molecule has 1 aliphatic rings. The highest BCUT2D eigenvalue weighted by Gasteiger charge is 2.49. The van der Waals surface area contributed by atoms with E-state index in [0.717, 1.165) is 32.5 Å². The van der Waals surface area contributed by atoms with Crippen molar-refractivity contribution in [1.29, 1.82) is 0 Å². The lowest BCUT2D eigenvalue weighted by Gasteiger charge is -2.24. The van der Waals surface area contributed by atoms with Gasteiger partial charge in [0.2, 0.25) is 0 Å². The van der Waals surface area contributed by atoms with Crippen LogP contribution in [0.3, 0.4) is 0 Å². The molecule has 0 aliphatic carbocycles. The van der Waals surface area contributed by atoms with E-state index in [2.05, 4.69) is 5.32 Å². The van der Waals surface area contributed by atoms with Crippen LogP contribution in [0.4, 0.5) is 4.79 Å². The molecular weight excluding hydrogens is 420 g/mol. The molecular formula is C26H28N2O5. The van der Waals surface area contributed by atoms with Crippen molar-refractivity contribution < 1.29 is 24.2 Å². The first kappa shape index (κ1) is 22.6. The van der Waals surface area contributed by atoms with Crippen LogP contribution in [0.1, 0.15) is 23.6 Å². The van der Waals surface area contributed by atoms with Crippen molar-refractivity contribution in [2.75, 3.05) is 20.3 Å². The molecule has 3 aromatic carbocycles. The van der Waals surface area contributed by atoms with Gasteiger partial charge in [0.25, 0.3) is 5.91 Å². The normalized spacial score (nSPS) is 19.0. The van der Waals surface area contributed by atoms with Crippen LogP contribution in [-0.4, -0.2) is 48.3 Å². The number of para-hydroxylation sites is 1. The van der Waals surface area contributed by atoms with Crippen molar-refractivity contribution >= 4 is 22.7 Å². The molecule has 0 aromatic heterocycles. The van der Waals surface area contributed by atoms with E-state index in [1.165, 1.54) is 0 Å². The van der Waals surface area contributed by atoms with E-state index < -0.39 is 23.6 Å². The number of hydrogen-bond donors (Lipinski definition) is 2. The lowest BCUT2D eigenvalue weighted by Crippen LogP contribution is -2.42. The van der Waals surface area contributed by atoms with Gasteiger partial charge in [-0.1, -0.05) is 36.4 Å². The number of imide groups is 1. The molecule has 3 amide bonds. The number of β-amino-alcohol motifs (C(OH)–C–C–N with tert-alkyl or cyclic N) is 1. The summed E-state index contributed by atoms with van der Waals surface area (Å²) < 4.78 is 11.0. The minimum atomic E-state index is -1.22. The van der Waals surface area contributed by atoms with Crippen LogP contribution < -0.4 is 14.8 Å². The maximum Gasteiger partial charge on any atom is 0.325 e. The van der Waals surface area contributed by atoms with E-state index in [1.54, 1.807) is 14.0 Å². The van der Waals surface area contributed by atoms with E-state index in [9.17, 15) is 14.7 Å². The quantitative estimate of drug-likeness (QED) is 0.539. The topological polar surface area (TPSA) is 88.1 Å². The Kier molecular flexibility index (Phi) is 5.99. The van der Waals surface area contributed by atoms with Crippen molar-refractivity contribution in [3.8, 4) is 11.5 Å². The third-order valence-corrected chi connectivity index (χ3v) is 6.12. The number of amides is 3. The van der Waals surface area contributed by atoms with Crippen molar-refractivity contribution in [2.24, 2.45) is 0 Å². The summed E-state index contributed by atoms with van der Waals surface area (Å²) in [5, 5.41) is 15.2. The maximum absolute atomic E-state index is 13.3. The summed E-state index contributed by atoms with van der Waals surface area (Å²) in [7, 11) is 1.61. The van der Waals surface area contributed by atoms with E-state index in [0.29, 0.717) is 11.3 Å². The van der Waals surface area contributed by atoms with Crippen molar-refractivity contribution in [3.63, 3.8) is 0 Å². The standard InChI is InChI=1S/C26H28N2O5/c1-16-6-5-7-17(2)23(16)33-15-21(29)14-28-24(30)26(3,27-25(28)31)20-10-8-19-13-22(32-4)11-9-18(19)12-20/h5-13,21,29H,14-15H2,1-4H3,(H,27,31)/t21-,26+/m1/s1. The molecule has 0 unspecified atom stereocenters. The Morgan fingerprint density at radius 2 is 1.70 bits per heavy atom. The van der Waals surface area contributed by atoms with Gasteiger partial charge in [-0.2, -0.15) is 0 Å². The number of fused-ring (bicyclic) bond motifs is 1. The average Bonchev–Trinajstić information content (AvgIpc) is 3.01. The maximum atomic E-state index is 13.3. The molecule has 0 radical (unpaired) electrons. The number of aliphatic hydroxyl groups is 1. The summed E-state index contributed by atoms with van der Waals surface area (Å²) in [5.41, 5.74) is 1.36. The number of urea groups is 1. The molecule has 2 N–H and O–H groups in total. The largest absolute Gasteiger partial charge is 0.497 e. The van der Waals surface area contributed by atoms with Gasteiger partial charge in [-0.15, -0.1) is 0 Å². The van der Waals surface area contributed by atoms with Gasteiger partial charge in [-0.05, 0) is 66.4 Å². The number of benzene rings is 3. The molecule has 3 aromatic rings. The Morgan fingerprint density at radius 1 is 1.03 bits per heavy atom. The number of aryl methyl sites for hydroxylation is 2. The molecule has 172 valence electrons. The summed E-state index contributed by atoms with van der Waals surface area (Å²) >= 11 is 0. The molecule has 7 nitrogen and oxygen atoms in total. The first-order chi connectivity index (χ1) is 15.7. The number of hydrogen-bond acceptors (Lipinski definition) is 5. The average molecular weight is 449 g/mol. The number of rotatable bonds is 7. The van der Waals surface area contributed by atoms with Crippen LogP contribution in [0.15, 0.2) is 54.6 Å². The first-order valence-corrected chi connectivity index (χ1v) is 10.8. The number of aliphatic hydroxyl groups excluding tert-OH is 1. The van der Waals surface area contributed by atoms with E-state index in [4.69, 9.17) is 9.47 Å². The molecule has 1 fully saturated rings. The fourth-order valence-electron chi connectivity index (χ4n) is 4.19. The van der Waals surface area contributed by atoms with Crippen LogP contribution in [0.2, 0.25) is 0 Å². The van der Waals surface area contributed by atoms with Crippen molar-refractivity contribution in [3.05, 3.63) is 71.3 Å². The summed E-state index contributed by atoms with van der Waals surface area (Å²) in [4.78, 5) is 27.0. The van der Waals surface area contributed by atoms with Crippen LogP contribution in [0.25, 0.3) is 10.8 Å². The SMILES string of the molecule is COc1ccc2cc([C@]3(C)NC(=O)N(C[C@@H](O)COc4c(C)cccc4C)C3=O)ccc2c1. The van der Waals surface area contributed by atoms with Gasteiger partial charge in [0.15, 0.2) is 0 Å². The summed E-state index contributed by atoms with van der Waals surface area (Å²) in [5.74, 6) is 1.04. The lowest BCUT2D eigenvalue weighted by atomic mass is 9.90. The first-order valence-electron chi connectivity index (χ1n) is 10.8. The smallest absolute Gasteiger partial charge is 0.325 e. The van der Waals surface area contributed by atoms with Crippen molar-refractivity contribution in [2.45, 2.75) is 32.4 Å². The number of nitrogens with zero attached hydrogens (tertiary/aromatic N) is 1. The molecule has 0 spiro atoms. The number of ether oxygens (including phenoxy) is 2. The number of carbonyl (C=O) groups is 2. The molecule has 0 saturated carbocycles. The molecule has 1 heterocycles. The molecule has 1 aliphatic heterocycles. The zero-order chi connectivity index (χ0) is 23.8. The molecule has 0 bridgehead atoms. The summed E-state index contributed by atoms with van der Waals surface area (Å²) in [6, 6.07) is 16.5. The molecule has 1 saturated heterocycles. The van der Waals surface area contributed by atoms with E-state index >= 15 is 0 Å². The van der Waals surface area contributed by atoms with Crippen LogP contribution in [0.5, 0.6) is 11.5 Å². The monoisotopic (exact) mass is 448 g/mol. The van der Waals surface area contributed by atoms with Crippen molar-refractivity contribution in [1.82, 2.24) is 10.2 Å². The van der Waals surface area contributed by atoms with Gasteiger partial charge in [0, 0.05) is 0 Å². The van der Waals surface area contributed by atoms with Gasteiger partial charge >= 0.3 is 6.03 Å². The minimum Gasteiger partial charge on any atom is -0.497 e. The highest BCUT2D eigenvalue weighted by atomic mass is 16.5. The zero-order valence-corrected chi connectivity index (χ0v) is 19.2. The Labute approximate surface area is 192 Å². The molecule has 33 heavy (non-hydrogen) atoms. The Hall–Kier alpha value is -3.58. The van der Waals surface area contributed by atoms with Crippen LogP contribution in [0, 0.1) is 13.8 Å². The number of methoxy groups -OCH3 is 1. The second-order valence-corrected chi connectivity index (χ2v) is 8.58. The van der Waals surface area contributed by atoms with Gasteiger partial charge in [0.1, 0.15) is 29.7 Å². The second-order valence-electron chi connectivity index (χ2n) is 8.58. The molecule has 2 atom stereocenters. The third kappa shape index (κ3) is 4.24. The second kappa shape index (κ2) is 8.75. The van der Waals surface area contributed by atoms with Gasteiger partial charge in [0.05, 0.1) is 13.7 Å². The highest BCUT2D eigenvalue weighted by Crippen LogP contribution is 2.32. The highest BCUT2D eigenvalue weighted by molar-refractivity contribution is 6.07. The van der Waals surface area contributed by atoms with Gasteiger partial charge < -0.3 is 19.9 Å². The fourth-order valence-corrected chi connectivity index (χ4v) is 4.19. The predicted molar refractivity (Wildman–Crippen MR) is 126 cm³/mol. The summed E-state index contributed by atoms with van der Waals surface area (Å²) in [6.07, 6.45) is -1.02. The van der Waals surface area contributed by atoms with E-state index in [-0.39, 0.29) is 13.2 Å². The fraction of sp³-hybridized carbons (Fsp3) is 0.308. The van der Waals surface area contributed by atoms with E-state index in [1.807, 2.05) is 68.4 Å². The number of nitrogens with one attached hydrogen (secondary N) is 1. The van der Waals surface area contributed by atoms with Gasteiger partial charge in [-0.25, -0.2) is 4.79 Å². The Morgan fingerprint density at radius 3 is 2.39 bits per heavy atom. The predicted octanol–water partition coefficient (Wildman–Crippen LogP) is 3.67. The zero-order valence-electron chi connectivity index (χ0n) is 19.2. The Balaban J connectivity index is 1.49. The molecule has 7 heteroatoms.